The normalized spacial score (nSPS) is 17.9. The van der Waals surface area contributed by atoms with E-state index < -0.39 is 21.2 Å². The van der Waals surface area contributed by atoms with Gasteiger partial charge in [-0.15, -0.1) is 10.2 Å². The number of sulfonamides is 1. The highest BCUT2D eigenvalue weighted by molar-refractivity contribution is 7.93. The number of halogens is 1. The monoisotopic (exact) mass is 536 g/mol. The van der Waals surface area contributed by atoms with Crippen LogP contribution in [0.3, 0.4) is 0 Å². The summed E-state index contributed by atoms with van der Waals surface area (Å²) in [5.74, 6) is 1.21. The third kappa shape index (κ3) is 5.25. The number of aromatic nitrogens is 5. The fourth-order valence-electron chi connectivity index (χ4n) is 4.04. The molecule has 11 nitrogen and oxygen atoms in total. The van der Waals surface area contributed by atoms with Crippen LogP contribution in [0.2, 0.25) is 5.02 Å². The molecule has 1 aliphatic rings. The van der Waals surface area contributed by atoms with Crippen LogP contribution < -0.4 is 14.2 Å². The first-order chi connectivity index (χ1) is 17.3. The molecule has 3 heterocycles. The summed E-state index contributed by atoms with van der Waals surface area (Å²) in [4.78, 5) is 8.36. The van der Waals surface area contributed by atoms with Crippen molar-refractivity contribution in [3.63, 3.8) is 0 Å². The molecule has 3 atom stereocenters. The average molecular weight is 537 g/mol. The molecule has 2 unspecified atom stereocenters. The predicted octanol–water partition coefficient (Wildman–Crippen LogP) is 3.90. The standard InChI is InChI=1S/C23H29ClN6O5S/c1-14(21-25-12-16(24)13-26-21)15(2)36(31,32)29-23-28-27-22(19-8-5-6-11-35-19)30(23)20-17(33-3)9-7-10-18(20)34-4/h7,9-10,12-15,19H,5-6,8,11H2,1-4H3,(H,28,29)/t14?,15?,19-/m0/s1. The Bertz CT molecular complexity index is 1270. The summed E-state index contributed by atoms with van der Waals surface area (Å²) in [6.07, 6.45) is 5.14. The highest BCUT2D eigenvalue weighted by atomic mass is 35.5. The molecule has 0 radical (unpaired) electrons. The first kappa shape index (κ1) is 26.1. The number of benzene rings is 1. The zero-order chi connectivity index (χ0) is 25.9. The second-order valence-corrected chi connectivity index (χ2v) is 11.0. The van der Waals surface area contributed by atoms with E-state index in [-0.39, 0.29) is 12.1 Å². The van der Waals surface area contributed by atoms with Crippen LogP contribution in [0.25, 0.3) is 5.69 Å². The van der Waals surface area contributed by atoms with E-state index in [1.54, 1.807) is 36.6 Å². The Hall–Kier alpha value is -2.96. The number of rotatable bonds is 9. The van der Waals surface area contributed by atoms with E-state index in [1.165, 1.54) is 26.6 Å². The average Bonchev–Trinajstić information content (AvgIpc) is 3.30. The number of hydrogen-bond donors (Lipinski definition) is 1. The molecule has 13 heteroatoms. The van der Waals surface area contributed by atoms with Gasteiger partial charge in [0.15, 0.2) is 5.82 Å². The molecule has 0 spiro atoms. The van der Waals surface area contributed by atoms with Crippen molar-refractivity contribution >= 4 is 27.6 Å². The molecule has 2 aromatic heterocycles. The van der Waals surface area contributed by atoms with E-state index in [0.717, 1.165) is 19.3 Å². The summed E-state index contributed by atoms with van der Waals surface area (Å²) in [6.45, 7) is 3.90. The van der Waals surface area contributed by atoms with Gasteiger partial charge in [-0.3, -0.25) is 9.29 Å². The summed E-state index contributed by atoms with van der Waals surface area (Å²) in [6, 6.07) is 5.29. The second-order valence-electron chi connectivity index (χ2n) is 8.48. The molecule has 3 aromatic rings. The molecule has 1 fully saturated rings. The van der Waals surface area contributed by atoms with E-state index >= 15 is 0 Å². The first-order valence-corrected chi connectivity index (χ1v) is 13.5. The van der Waals surface area contributed by atoms with E-state index in [4.69, 9.17) is 25.8 Å². The Morgan fingerprint density at radius 2 is 1.78 bits per heavy atom. The van der Waals surface area contributed by atoms with Gasteiger partial charge in [0.1, 0.15) is 29.1 Å². The van der Waals surface area contributed by atoms with E-state index in [2.05, 4.69) is 24.9 Å². The molecule has 0 bridgehead atoms. The minimum Gasteiger partial charge on any atom is -0.494 e. The third-order valence-electron chi connectivity index (χ3n) is 6.26. The Morgan fingerprint density at radius 3 is 2.36 bits per heavy atom. The van der Waals surface area contributed by atoms with Gasteiger partial charge < -0.3 is 14.2 Å². The van der Waals surface area contributed by atoms with Gasteiger partial charge in [-0.1, -0.05) is 24.6 Å². The molecule has 36 heavy (non-hydrogen) atoms. The van der Waals surface area contributed by atoms with Gasteiger partial charge in [-0.05, 0) is 38.3 Å². The maximum atomic E-state index is 13.5. The number of anilines is 1. The van der Waals surface area contributed by atoms with Crippen LogP contribution in [0.15, 0.2) is 30.6 Å². The molecule has 194 valence electrons. The Balaban J connectivity index is 1.77. The molecule has 0 amide bonds. The van der Waals surface area contributed by atoms with Crippen LogP contribution in [0.4, 0.5) is 5.95 Å². The van der Waals surface area contributed by atoms with Gasteiger partial charge in [-0.2, -0.15) is 0 Å². The number of para-hydroxylation sites is 1. The largest absolute Gasteiger partial charge is 0.494 e. The lowest BCUT2D eigenvalue weighted by Gasteiger charge is -2.25. The lowest BCUT2D eigenvalue weighted by Crippen LogP contribution is -2.31. The zero-order valence-electron chi connectivity index (χ0n) is 20.5. The first-order valence-electron chi connectivity index (χ1n) is 11.5. The number of hydrogen-bond acceptors (Lipinski definition) is 9. The number of nitrogens with one attached hydrogen (secondary N) is 1. The van der Waals surface area contributed by atoms with E-state index in [9.17, 15) is 8.42 Å². The predicted molar refractivity (Wildman–Crippen MR) is 134 cm³/mol. The molecule has 1 saturated heterocycles. The Labute approximate surface area is 215 Å². The molecular formula is C23H29ClN6O5S. The summed E-state index contributed by atoms with van der Waals surface area (Å²) < 4.78 is 48.3. The van der Waals surface area contributed by atoms with Crippen LogP contribution in [0.5, 0.6) is 11.5 Å². The van der Waals surface area contributed by atoms with Crippen LogP contribution >= 0.6 is 11.6 Å². The van der Waals surface area contributed by atoms with Crippen molar-refractivity contribution in [2.75, 3.05) is 25.5 Å². The van der Waals surface area contributed by atoms with Gasteiger partial charge in [0.2, 0.25) is 16.0 Å². The minimum absolute atomic E-state index is 0.00181. The van der Waals surface area contributed by atoms with Crippen molar-refractivity contribution in [3.05, 3.63) is 47.3 Å². The van der Waals surface area contributed by atoms with Crippen molar-refractivity contribution in [2.45, 2.75) is 50.4 Å². The van der Waals surface area contributed by atoms with Crippen LogP contribution in [-0.2, 0) is 14.8 Å². The van der Waals surface area contributed by atoms with Gasteiger partial charge >= 0.3 is 0 Å². The SMILES string of the molecule is COc1cccc(OC)c1-n1c(NS(=O)(=O)C(C)C(C)c2ncc(Cl)cn2)nnc1[C@@H]1CCCCO1. The minimum atomic E-state index is -3.97. The van der Waals surface area contributed by atoms with Crippen molar-refractivity contribution < 1.29 is 22.6 Å². The summed E-state index contributed by atoms with van der Waals surface area (Å²) in [7, 11) is -0.913. The topological polar surface area (TPSA) is 130 Å². The van der Waals surface area contributed by atoms with Crippen molar-refractivity contribution in [1.82, 2.24) is 24.7 Å². The number of methoxy groups -OCH3 is 2. The van der Waals surface area contributed by atoms with Gasteiger partial charge in [0.25, 0.3) is 0 Å². The van der Waals surface area contributed by atoms with E-state index in [1.807, 2.05) is 0 Å². The van der Waals surface area contributed by atoms with Crippen LogP contribution in [0, 0.1) is 0 Å². The Morgan fingerprint density at radius 1 is 1.11 bits per heavy atom. The summed E-state index contributed by atoms with van der Waals surface area (Å²) in [5.41, 5.74) is 0.469. The molecule has 0 saturated carbocycles. The lowest BCUT2D eigenvalue weighted by atomic mass is 10.1. The van der Waals surface area contributed by atoms with Gasteiger partial charge in [-0.25, -0.2) is 18.4 Å². The van der Waals surface area contributed by atoms with Crippen molar-refractivity contribution in [2.24, 2.45) is 0 Å². The van der Waals surface area contributed by atoms with E-state index in [0.29, 0.717) is 40.5 Å². The summed E-state index contributed by atoms with van der Waals surface area (Å²) in [5, 5.41) is 8.01. The maximum Gasteiger partial charge on any atom is 0.243 e. The quantitative estimate of drug-likeness (QED) is 0.432. The van der Waals surface area contributed by atoms with Crippen molar-refractivity contribution in [1.29, 1.82) is 0 Å². The van der Waals surface area contributed by atoms with Gasteiger partial charge in [0, 0.05) is 24.9 Å². The van der Waals surface area contributed by atoms with Crippen molar-refractivity contribution in [3.8, 4) is 17.2 Å². The fourth-order valence-corrected chi connectivity index (χ4v) is 5.37. The summed E-state index contributed by atoms with van der Waals surface area (Å²) >= 11 is 5.88. The third-order valence-corrected chi connectivity index (χ3v) is 8.31. The molecule has 1 aliphatic heterocycles. The van der Waals surface area contributed by atoms with Crippen LogP contribution in [-0.4, -0.2) is 59.2 Å². The van der Waals surface area contributed by atoms with Crippen LogP contribution in [0.1, 0.15) is 56.8 Å². The fraction of sp³-hybridized carbons (Fsp3) is 0.478. The molecule has 1 N–H and O–H groups in total. The number of ether oxygens (including phenoxy) is 3. The Kier molecular flexibility index (Phi) is 7.96. The maximum absolute atomic E-state index is 13.5. The highest BCUT2D eigenvalue weighted by Gasteiger charge is 2.34. The lowest BCUT2D eigenvalue weighted by molar-refractivity contribution is 0.00839. The molecule has 4 rings (SSSR count). The van der Waals surface area contributed by atoms with Gasteiger partial charge in [0.05, 0.1) is 24.5 Å². The molecule has 1 aromatic carbocycles. The zero-order valence-corrected chi connectivity index (χ0v) is 22.1. The highest BCUT2D eigenvalue weighted by Crippen LogP contribution is 2.39. The molecular weight excluding hydrogens is 508 g/mol. The second kappa shape index (κ2) is 11.0. The number of nitrogens with zero attached hydrogens (tertiary/aromatic N) is 5. The smallest absolute Gasteiger partial charge is 0.243 e. The molecule has 0 aliphatic carbocycles.